The minimum atomic E-state index is -3.62. The van der Waals surface area contributed by atoms with E-state index in [-0.39, 0.29) is 10.9 Å². The van der Waals surface area contributed by atoms with Gasteiger partial charge in [0, 0.05) is 25.7 Å². The number of piperidine rings is 1. The first-order valence-electron chi connectivity index (χ1n) is 10.4. The highest BCUT2D eigenvalue weighted by molar-refractivity contribution is 7.89. The van der Waals surface area contributed by atoms with Gasteiger partial charge in [-0.25, -0.2) is 17.6 Å². The number of carbonyl (C=O) groups excluding carboxylic acids is 1. The highest BCUT2D eigenvalue weighted by Gasteiger charge is 2.29. The molecular formula is C22H28FN3O5S. The van der Waals surface area contributed by atoms with Crippen LogP contribution < -0.4 is 20.1 Å². The molecule has 10 heteroatoms. The van der Waals surface area contributed by atoms with Crippen molar-refractivity contribution in [3.63, 3.8) is 0 Å². The second-order valence-electron chi connectivity index (χ2n) is 7.54. The van der Waals surface area contributed by atoms with Crippen LogP contribution in [0.15, 0.2) is 47.4 Å². The van der Waals surface area contributed by atoms with Gasteiger partial charge in [-0.05, 0) is 61.6 Å². The third-order valence-electron chi connectivity index (χ3n) is 5.52. The van der Waals surface area contributed by atoms with E-state index in [4.69, 9.17) is 9.47 Å². The lowest BCUT2D eigenvalue weighted by Crippen LogP contribution is -2.39. The van der Waals surface area contributed by atoms with E-state index in [1.54, 1.807) is 25.3 Å². The van der Waals surface area contributed by atoms with Gasteiger partial charge in [-0.2, -0.15) is 4.31 Å². The molecule has 2 amide bonds. The molecule has 1 fully saturated rings. The summed E-state index contributed by atoms with van der Waals surface area (Å²) in [6, 6.07) is 9.65. The Hall–Kier alpha value is -2.85. The normalized spacial score (nSPS) is 15.2. The van der Waals surface area contributed by atoms with Gasteiger partial charge >= 0.3 is 6.03 Å². The van der Waals surface area contributed by atoms with Crippen LogP contribution in [-0.4, -0.2) is 52.6 Å². The summed E-state index contributed by atoms with van der Waals surface area (Å²) in [5.74, 6) is 0.963. The number of anilines is 1. The minimum absolute atomic E-state index is 0.102. The van der Waals surface area contributed by atoms with Gasteiger partial charge in [-0.1, -0.05) is 0 Å². The van der Waals surface area contributed by atoms with Gasteiger partial charge in [0.25, 0.3) is 0 Å². The van der Waals surface area contributed by atoms with E-state index in [9.17, 15) is 17.6 Å². The van der Waals surface area contributed by atoms with E-state index in [0.717, 1.165) is 18.6 Å². The van der Waals surface area contributed by atoms with E-state index >= 15 is 0 Å². The molecular weight excluding hydrogens is 437 g/mol. The number of halogens is 1. The van der Waals surface area contributed by atoms with Crippen LogP contribution in [0.25, 0.3) is 0 Å². The maximum absolute atomic E-state index is 13.1. The average Bonchev–Trinajstić information content (AvgIpc) is 2.80. The zero-order valence-corrected chi connectivity index (χ0v) is 19.0. The van der Waals surface area contributed by atoms with Crippen LogP contribution in [0, 0.1) is 11.7 Å². The molecule has 0 atom stereocenters. The molecule has 0 saturated carbocycles. The fourth-order valence-corrected chi connectivity index (χ4v) is 5.12. The van der Waals surface area contributed by atoms with Crippen molar-refractivity contribution in [1.82, 2.24) is 9.62 Å². The number of nitrogens with one attached hydrogen (secondary N) is 2. The van der Waals surface area contributed by atoms with Crippen molar-refractivity contribution in [2.45, 2.75) is 24.2 Å². The third-order valence-corrected chi connectivity index (χ3v) is 7.43. The summed E-state index contributed by atoms with van der Waals surface area (Å²) in [6.07, 6.45) is 2.16. The lowest BCUT2D eigenvalue weighted by Gasteiger charge is -2.31. The predicted octanol–water partition coefficient (Wildman–Crippen LogP) is 3.46. The lowest BCUT2D eigenvalue weighted by atomic mass is 9.95. The van der Waals surface area contributed by atoms with E-state index in [1.807, 2.05) is 0 Å². The molecule has 8 nitrogen and oxygen atoms in total. The lowest BCUT2D eigenvalue weighted by molar-refractivity contribution is 0.245. The number of sulfonamides is 1. The number of nitrogens with zero attached hydrogens (tertiary/aromatic N) is 1. The zero-order valence-electron chi connectivity index (χ0n) is 18.1. The smallest absolute Gasteiger partial charge is 0.319 e. The molecule has 0 radical (unpaired) electrons. The Kier molecular flexibility index (Phi) is 7.92. The fourth-order valence-electron chi connectivity index (χ4n) is 3.65. The first-order chi connectivity index (χ1) is 15.3. The summed E-state index contributed by atoms with van der Waals surface area (Å²) in [5, 5.41) is 5.58. The fraction of sp³-hybridized carbons (Fsp3) is 0.409. The summed E-state index contributed by atoms with van der Waals surface area (Å²) in [7, 11) is -0.549. The Balaban J connectivity index is 1.43. The second-order valence-corrected chi connectivity index (χ2v) is 9.48. The molecule has 0 aromatic heterocycles. The molecule has 1 aliphatic rings. The van der Waals surface area contributed by atoms with Crippen molar-refractivity contribution in [1.29, 1.82) is 0 Å². The van der Waals surface area contributed by atoms with Gasteiger partial charge in [0.05, 0.1) is 24.8 Å². The molecule has 1 aliphatic heterocycles. The van der Waals surface area contributed by atoms with Crippen molar-refractivity contribution in [3.05, 3.63) is 48.3 Å². The van der Waals surface area contributed by atoms with Crippen LogP contribution in [0.1, 0.15) is 19.3 Å². The Bertz CT molecular complexity index is 1020. The summed E-state index contributed by atoms with van der Waals surface area (Å²) in [6.45, 7) is 1.28. The molecule has 2 N–H and O–H groups in total. The monoisotopic (exact) mass is 465 g/mol. The molecule has 0 unspecified atom stereocenters. The number of rotatable bonds is 8. The summed E-state index contributed by atoms with van der Waals surface area (Å²) in [5.41, 5.74) is 0.533. The highest BCUT2D eigenvalue weighted by atomic mass is 32.2. The molecule has 1 heterocycles. The Morgan fingerprint density at radius 3 is 2.41 bits per heavy atom. The minimum Gasteiger partial charge on any atom is -0.497 e. The first-order valence-corrected chi connectivity index (χ1v) is 11.8. The molecule has 3 rings (SSSR count). The number of carbonyl (C=O) groups is 1. The standard InChI is InChI=1S/C22H28FN3O5S/c1-30-18-5-8-20(21(15-18)31-2)25-22(27)24-12-9-16-10-13-26(14-11-16)32(28,29)19-6-3-17(23)4-7-19/h3-8,15-16H,9-14H2,1-2H3,(H2,24,25,27). The van der Waals surface area contributed by atoms with Crippen LogP contribution in [0.3, 0.4) is 0 Å². The molecule has 1 saturated heterocycles. The molecule has 2 aromatic rings. The molecule has 174 valence electrons. The van der Waals surface area contributed by atoms with Gasteiger partial charge in [0.15, 0.2) is 0 Å². The summed E-state index contributed by atoms with van der Waals surface area (Å²) < 4.78 is 50.3. The molecule has 0 spiro atoms. The Morgan fingerprint density at radius 2 is 1.78 bits per heavy atom. The van der Waals surface area contributed by atoms with Crippen LogP contribution in [0.4, 0.5) is 14.9 Å². The SMILES string of the molecule is COc1ccc(NC(=O)NCCC2CCN(S(=O)(=O)c3ccc(F)cc3)CC2)c(OC)c1. The predicted molar refractivity (Wildman–Crippen MR) is 119 cm³/mol. The van der Waals surface area contributed by atoms with Crippen LogP contribution in [-0.2, 0) is 10.0 Å². The number of urea groups is 1. The average molecular weight is 466 g/mol. The van der Waals surface area contributed by atoms with Crippen molar-refractivity contribution in [2.24, 2.45) is 5.92 Å². The maximum Gasteiger partial charge on any atom is 0.319 e. The van der Waals surface area contributed by atoms with E-state index in [0.29, 0.717) is 55.6 Å². The van der Waals surface area contributed by atoms with Crippen LogP contribution in [0.2, 0.25) is 0 Å². The van der Waals surface area contributed by atoms with E-state index in [2.05, 4.69) is 10.6 Å². The summed E-state index contributed by atoms with van der Waals surface area (Å²) >= 11 is 0. The first kappa shape index (κ1) is 23.8. The second kappa shape index (κ2) is 10.6. The van der Waals surface area contributed by atoms with E-state index < -0.39 is 15.8 Å². The van der Waals surface area contributed by atoms with Crippen molar-refractivity contribution < 1.29 is 27.1 Å². The summed E-state index contributed by atoms with van der Waals surface area (Å²) in [4.78, 5) is 12.3. The number of benzene rings is 2. The van der Waals surface area contributed by atoms with Gasteiger partial charge in [0.1, 0.15) is 17.3 Å². The van der Waals surface area contributed by atoms with Crippen molar-refractivity contribution >= 4 is 21.7 Å². The topological polar surface area (TPSA) is 97.0 Å². The van der Waals surface area contributed by atoms with Crippen molar-refractivity contribution in [2.75, 3.05) is 39.2 Å². The number of amides is 2. The van der Waals surface area contributed by atoms with Gasteiger partial charge in [-0.15, -0.1) is 0 Å². The highest BCUT2D eigenvalue weighted by Crippen LogP contribution is 2.29. The third kappa shape index (κ3) is 5.89. The number of hydrogen-bond acceptors (Lipinski definition) is 5. The Labute approximate surface area is 187 Å². The Morgan fingerprint density at radius 1 is 1.09 bits per heavy atom. The van der Waals surface area contributed by atoms with Gasteiger partial charge in [-0.3, -0.25) is 0 Å². The maximum atomic E-state index is 13.1. The molecule has 32 heavy (non-hydrogen) atoms. The van der Waals surface area contributed by atoms with Gasteiger partial charge < -0.3 is 20.1 Å². The zero-order chi connectivity index (χ0) is 23.1. The number of methoxy groups -OCH3 is 2. The number of ether oxygens (including phenoxy) is 2. The molecule has 0 bridgehead atoms. The largest absolute Gasteiger partial charge is 0.497 e. The van der Waals surface area contributed by atoms with Crippen LogP contribution >= 0.6 is 0 Å². The number of hydrogen-bond donors (Lipinski definition) is 2. The van der Waals surface area contributed by atoms with Crippen molar-refractivity contribution in [3.8, 4) is 11.5 Å². The van der Waals surface area contributed by atoms with Gasteiger partial charge in [0.2, 0.25) is 10.0 Å². The molecule has 0 aliphatic carbocycles. The molecule has 2 aromatic carbocycles. The quantitative estimate of drug-likeness (QED) is 0.622. The van der Waals surface area contributed by atoms with Crippen LogP contribution in [0.5, 0.6) is 11.5 Å². The van der Waals surface area contributed by atoms with E-state index in [1.165, 1.54) is 23.5 Å².